The van der Waals surface area contributed by atoms with Gasteiger partial charge in [0.2, 0.25) is 0 Å². The standard InChI is InChI=1S/C19H22N4O2/c1-14-8-9-16(25-14)17-12-23(10-11-24-17)13-18-20-21-19(22(18)2)15-6-4-3-5-7-15/h3-9,17H,10-13H2,1-2H3/t17-/m1/s1. The molecule has 0 bridgehead atoms. The van der Waals surface area contributed by atoms with Crippen molar-refractivity contribution < 1.29 is 9.15 Å². The maximum Gasteiger partial charge on any atom is 0.163 e. The van der Waals surface area contributed by atoms with Crippen LogP contribution in [0.4, 0.5) is 0 Å². The first-order valence-corrected chi connectivity index (χ1v) is 8.54. The number of aryl methyl sites for hydroxylation is 1. The summed E-state index contributed by atoms with van der Waals surface area (Å²) in [7, 11) is 2.02. The van der Waals surface area contributed by atoms with Crippen molar-refractivity contribution in [3.63, 3.8) is 0 Å². The molecule has 130 valence electrons. The van der Waals surface area contributed by atoms with Crippen molar-refractivity contribution in [3.05, 3.63) is 59.8 Å². The van der Waals surface area contributed by atoms with Crippen LogP contribution in [0.15, 0.2) is 46.9 Å². The highest BCUT2D eigenvalue weighted by Crippen LogP contribution is 2.25. The monoisotopic (exact) mass is 338 g/mol. The molecular weight excluding hydrogens is 316 g/mol. The summed E-state index contributed by atoms with van der Waals surface area (Å²) in [5.74, 6) is 3.65. The molecule has 0 spiro atoms. The first-order valence-electron chi connectivity index (χ1n) is 8.54. The predicted octanol–water partition coefficient (Wildman–Crippen LogP) is 2.96. The van der Waals surface area contributed by atoms with Gasteiger partial charge in [0.25, 0.3) is 0 Å². The molecule has 0 radical (unpaired) electrons. The van der Waals surface area contributed by atoms with Crippen molar-refractivity contribution >= 4 is 0 Å². The largest absolute Gasteiger partial charge is 0.464 e. The Morgan fingerprint density at radius 3 is 2.72 bits per heavy atom. The van der Waals surface area contributed by atoms with Crippen molar-refractivity contribution in [1.29, 1.82) is 0 Å². The summed E-state index contributed by atoms with van der Waals surface area (Å²) >= 11 is 0. The zero-order valence-electron chi connectivity index (χ0n) is 14.6. The average Bonchev–Trinajstić information content (AvgIpc) is 3.23. The number of benzene rings is 1. The van der Waals surface area contributed by atoms with Crippen LogP contribution in [0.3, 0.4) is 0 Å². The van der Waals surface area contributed by atoms with Crippen LogP contribution in [0.1, 0.15) is 23.4 Å². The summed E-state index contributed by atoms with van der Waals surface area (Å²) in [5.41, 5.74) is 1.08. The number of morpholine rings is 1. The molecular formula is C19H22N4O2. The van der Waals surface area contributed by atoms with Gasteiger partial charge in [-0.15, -0.1) is 10.2 Å². The van der Waals surface area contributed by atoms with Gasteiger partial charge >= 0.3 is 0 Å². The summed E-state index contributed by atoms with van der Waals surface area (Å²) in [5, 5.41) is 8.76. The van der Waals surface area contributed by atoms with Crippen LogP contribution >= 0.6 is 0 Å². The third-order valence-electron chi connectivity index (χ3n) is 4.59. The van der Waals surface area contributed by atoms with E-state index in [1.807, 2.05) is 44.3 Å². The topological polar surface area (TPSA) is 56.3 Å². The number of rotatable bonds is 4. The van der Waals surface area contributed by atoms with E-state index in [0.29, 0.717) is 6.61 Å². The first kappa shape index (κ1) is 16.1. The van der Waals surface area contributed by atoms with Gasteiger partial charge in [-0.1, -0.05) is 30.3 Å². The van der Waals surface area contributed by atoms with E-state index in [2.05, 4.69) is 31.8 Å². The van der Waals surface area contributed by atoms with Crippen LogP contribution < -0.4 is 0 Å². The fourth-order valence-corrected chi connectivity index (χ4v) is 3.18. The van der Waals surface area contributed by atoms with Crippen molar-refractivity contribution in [2.24, 2.45) is 7.05 Å². The maximum absolute atomic E-state index is 5.87. The summed E-state index contributed by atoms with van der Waals surface area (Å²) < 4.78 is 13.7. The number of nitrogens with zero attached hydrogens (tertiary/aromatic N) is 4. The maximum atomic E-state index is 5.87. The molecule has 6 nitrogen and oxygen atoms in total. The SMILES string of the molecule is Cc1ccc([C@H]2CN(Cc3nnc(-c4ccccc4)n3C)CCO2)o1. The molecule has 2 aromatic heterocycles. The quantitative estimate of drug-likeness (QED) is 0.732. The average molecular weight is 338 g/mol. The van der Waals surface area contributed by atoms with E-state index in [1.54, 1.807) is 0 Å². The van der Waals surface area contributed by atoms with E-state index >= 15 is 0 Å². The molecule has 4 rings (SSSR count). The molecule has 25 heavy (non-hydrogen) atoms. The number of ether oxygens (including phenoxy) is 1. The van der Waals surface area contributed by atoms with Gasteiger partial charge in [-0.2, -0.15) is 0 Å². The van der Waals surface area contributed by atoms with Crippen molar-refractivity contribution in [2.75, 3.05) is 19.7 Å². The van der Waals surface area contributed by atoms with E-state index in [1.165, 1.54) is 0 Å². The van der Waals surface area contributed by atoms with E-state index in [-0.39, 0.29) is 6.10 Å². The fourth-order valence-electron chi connectivity index (χ4n) is 3.18. The zero-order valence-corrected chi connectivity index (χ0v) is 14.6. The molecule has 3 heterocycles. The number of furan rings is 1. The van der Waals surface area contributed by atoms with Gasteiger partial charge in [0.05, 0.1) is 13.2 Å². The summed E-state index contributed by atoms with van der Waals surface area (Å²) in [6.07, 6.45) is -0.0238. The normalized spacial score (nSPS) is 18.6. The minimum atomic E-state index is -0.0238. The molecule has 1 aromatic carbocycles. The fraction of sp³-hybridized carbons (Fsp3) is 0.368. The van der Waals surface area contributed by atoms with Gasteiger partial charge in [-0.25, -0.2) is 0 Å². The Labute approximate surface area is 147 Å². The molecule has 6 heteroatoms. The second kappa shape index (κ2) is 6.82. The Bertz CT molecular complexity index is 840. The van der Waals surface area contributed by atoms with Crippen LogP contribution in [-0.4, -0.2) is 39.4 Å². The van der Waals surface area contributed by atoms with Crippen LogP contribution in [0.25, 0.3) is 11.4 Å². The summed E-state index contributed by atoms with van der Waals surface area (Å²) in [4.78, 5) is 2.34. The van der Waals surface area contributed by atoms with E-state index < -0.39 is 0 Å². The summed E-state index contributed by atoms with van der Waals surface area (Å²) in [6, 6.07) is 14.1. The predicted molar refractivity (Wildman–Crippen MR) is 93.9 cm³/mol. The lowest BCUT2D eigenvalue weighted by Crippen LogP contribution is -2.38. The summed E-state index contributed by atoms with van der Waals surface area (Å²) in [6.45, 7) is 5.06. The third-order valence-corrected chi connectivity index (χ3v) is 4.59. The Hall–Kier alpha value is -2.44. The molecule has 0 N–H and O–H groups in total. The van der Waals surface area contributed by atoms with E-state index in [4.69, 9.17) is 9.15 Å². The Kier molecular flexibility index (Phi) is 4.38. The van der Waals surface area contributed by atoms with Crippen LogP contribution in [-0.2, 0) is 18.3 Å². The Morgan fingerprint density at radius 1 is 1.12 bits per heavy atom. The van der Waals surface area contributed by atoms with E-state index in [0.717, 1.165) is 48.4 Å². The lowest BCUT2D eigenvalue weighted by Gasteiger charge is -2.31. The highest BCUT2D eigenvalue weighted by atomic mass is 16.5. The van der Waals surface area contributed by atoms with Crippen LogP contribution in [0.5, 0.6) is 0 Å². The molecule has 0 amide bonds. The second-order valence-corrected chi connectivity index (χ2v) is 6.41. The van der Waals surface area contributed by atoms with Crippen molar-refractivity contribution in [2.45, 2.75) is 19.6 Å². The third kappa shape index (κ3) is 3.36. The molecule has 1 aliphatic heterocycles. The minimum absolute atomic E-state index is 0.0238. The first-order chi connectivity index (χ1) is 12.2. The number of hydrogen-bond acceptors (Lipinski definition) is 5. The van der Waals surface area contributed by atoms with Crippen molar-refractivity contribution in [1.82, 2.24) is 19.7 Å². The smallest absolute Gasteiger partial charge is 0.163 e. The molecule has 1 fully saturated rings. The molecule has 0 saturated carbocycles. The Balaban J connectivity index is 1.48. The van der Waals surface area contributed by atoms with Gasteiger partial charge in [0.1, 0.15) is 23.4 Å². The highest BCUT2D eigenvalue weighted by molar-refractivity contribution is 5.54. The molecule has 0 aliphatic carbocycles. The lowest BCUT2D eigenvalue weighted by atomic mass is 10.2. The van der Waals surface area contributed by atoms with Crippen molar-refractivity contribution in [3.8, 4) is 11.4 Å². The van der Waals surface area contributed by atoms with Gasteiger partial charge < -0.3 is 13.7 Å². The Morgan fingerprint density at radius 2 is 1.96 bits per heavy atom. The van der Waals surface area contributed by atoms with Gasteiger partial charge in [-0.05, 0) is 19.1 Å². The van der Waals surface area contributed by atoms with Crippen LogP contribution in [0, 0.1) is 6.92 Å². The highest BCUT2D eigenvalue weighted by Gasteiger charge is 2.25. The second-order valence-electron chi connectivity index (χ2n) is 6.41. The molecule has 1 aliphatic rings. The molecule has 1 atom stereocenters. The molecule has 3 aromatic rings. The van der Waals surface area contributed by atoms with Gasteiger partial charge in [-0.3, -0.25) is 4.90 Å². The zero-order chi connectivity index (χ0) is 17.2. The molecule has 1 saturated heterocycles. The number of aromatic nitrogens is 3. The van der Waals surface area contributed by atoms with Gasteiger partial charge in [0.15, 0.2) is 5.82 Å². The molecule has 0 unspecified atom stereocenters. The van der Waals surface area contributed by atoms with Gasteiger partial charge in [0, 0.05) is 25.7 Å². The lowest BCUT2D eigenvalue weighted by molar-refractivity contribution is -0.0439. The van der Waals surface area contributed by atoms with E-state index in [9.17, 15) is 0 Å². The minimum Gasteiger partial charge on any atom is -0.464 e. The van der Waals surface area contributed by atoms with Crippen LogP contribution in [0.2, 0.25) is 0 Å². The number of hydrogen-bond donors (Lipinski definition) is 0.